The van der Waals surface area contributed by atoms with Crippen molar-refractivity contribution in [3.63, 3.8) is 0 Å². The van der Waals surface area contributed by atoms with Gasteiger partial charge in [-0.1, -0.05) is 36.4 Å². The molecule has 5 nitrogen and oxygen atoms in total. The van der Waals surface area contributed by atoms with E-state index in [-0.39, 0.29) is 10.6 Å². The smallest absolute Gasteiger partial charge is 0.270 e. The van der Waals surface area contributed by atoms with Gasteiger partial charge in [0.2, 0.25) is 0 Å². The SMILES string of the molecule is COCC1=C(c2cccs2)[C@@](N)(c2ccccc2)c2ccc([N+](=O)[O-])cc21. The van der Waals surface area contributed by atoms with Gasteiger partial charge in [0.15, 0.2) is 0 Å². The van der Waals surface area contributed by atoms with E-state index in [9.17, 15) is 10.1 Å². The third kappa shape index (κ3) is 2.70. The molecule has 136 valence electrons. The van der Waals surface area contributed by atoms with Crippen molar-refractivity contribution < 1.29 is 9.66 Å². The number of hydrogen-bond donors (Lipinski definition) is 1. The molecule has 2 N–H and O–H groups in total. The molecule has 1 heterocycles. The second-order valence-electron chi connectivity index (χ2n) is 6.42. The maximum absolute atomic E-state index is 11.3. The molecule has 0 saturated heterocycles. The van der Waals surface area contributed by atoms with Gasteiger partial charge in [-0.25, -0.2) is 0 Å². The van der Waals surface area contributed by atoms with E-state index in [1.807, 2.05) is 47.8 Å². The minimum Gasteiger partial charge on any atom is -0.380 e. The first-order chi connectivity index (χ1) is 13.1. The van der Waals surface area contributed by atoms with Gasteiger partial charge >= 0.3 is 0 Å². The Bertz CT molecular complexity index is 1030. The molecule has 0 saturated carbocycles. The molecule has 0 unspecified atom stereocenters. The zero-order valence-electron chi connectivity index (χ0n) is 14.7. The number of rotatable bonds is 5. The largest absolute Gasteiger partial charge is 0.380 e. The van der Waals surface area contributed by atoms with Crippen LogP contribution < -0.4 is 5.73 Å². The number of nitrogens with two attached hydrogens (primary N) is 1. The number of thiophene rings is 1. The standard InChI is InChI=1S/C21H18N2O3S/c1-26-13-17-16-12-15(23(24)25)9-10-18(16)21(22,14-6-3-2-4-7-14)20(17)19-8-5-11-27-19/h2-12H,13,22H2,1H3/t21-/m1/s1. The van der Waals surface area contributed by atoms with E-state index in [4.69, 9.17) is 10.5 Å². The normalized spacial score (nSPS) is 18.6. The van der Waals surface area contributed by atoms with Crippen molar-refractivity contribution >= 4 is 28.2 Å². The molecule has 4 rings (SSSR count). The molecule has 27 heavy (non-hydrogen) atoms. The van der Waals surface area contributed by atoms with E-state index in [1.165, 1.54) is 6.07 Å². The molecular formula is C21H18N2O3S. The number of methoxy groups -OCH3 is 1. The molecule has 0 amide bonds. The lowest BCUT2D eigenvalue weighted by Gasteiger charge is -2.30. The Labute approximate surface area is 160 Å². The highest BCUT2D eigenvalue weighted by atomic mass is 32.1. The molecular weight excluding hydrogens is 360 g/mol. The van der Waals surface area contributed by atoms with Crippen molar-refractivity contribution in [2.45, 2.75) is 5.54 Å². The van der Waals surface area contributed by atoms with Crippen molar-refractivity contribution in [2.75, 3.05) is 13.7 Å². The average molecular weight is 378 g/mol. The zero-order chi connectivity index (χ0) is 19.0. The van der Waals surface area contributed by atoms with E-state index in [1.54, 1.807) is 30.6 Å². The quantitative estimate of drug-likeness (QED) is 0.526. The fourth-order valence-corrected chi connectivity index (χ4v) is 4.67. The van der Waals surface area contributed by atoms with Gasteiger partial charge in [-0.3, -0.25) is 10.1 Å². The van der Waals surface area contributed by atoms with E-state index in [2.05, 4.69) is 0 Å². The summed E-state index contributed by atoms with van der Waals surface area (Å²) in [6.45, 7) is 0.327. The highest BCUT2D eigenvalue weighted by Crippen LogP contribution is 2.53. The minimum atomic E-state index is -0.898. The molecule has 1 aliphatic carbocycles. The third-order valence-electron chi connectivity index (χ3n) is 4.95. The van der Waals surface area contributed by atoms with Gasteiger partial charge in [-0.05, 0) is 39.8 Å². The summed E-state index contributed by atoms with van der Waals surface area (Å²) < 4.78 is 5.46. The Morgan fingerprint density at radius 2 is 1.93 bits per heavy atom. The molecule has 0 aliphatic heterocycles. The predicted octanol–water partition coefficient (Wildman–Crippen LogP) is 4.43. The number of nitro groups is 1. The van der Waals surface area contributed by atoms with Crippen LogP contribution in [0, 0.1) is 10.1 Å². The third-order valence-corrected chi connectivity index (χ3v) is 5.83. The molecule has 0 spiro atoms. The van der Waals surface area contributed by atoms with Gasteiger partial charge in [0, 0.05) is 29.7 Å². The van der Waals surface area contributed by atoms with E-state index >= 15 is 0 Å². The Balaban J connectivity index is 2.07. The summed E-state index contributed by atoms with van der Waals surface area (Å²) in [7, 11) is 1.62. The minimum absolute atomic E-state index is 0.0465. The highest BCUT2D eigenvalue weighted by molar-refractivity contribution is 7.11. The van der Waals surface area contributed by atoms with Crippen LogP contribution in [0.4, 0.5) is 5.69 Å². The Kier molecular flexibility index (Phi) is 4.39. The monoisotopic (exact) mass is 378 g/mol. The average Bonchev–Trinajstić information content (AvgIpc) is 3.29. The van der Waals surface area contributed by atoms with Crippen LogP contribution >= 0.6 is 11.3 Å². The number of fused-ring (bicyclic) bond motifs is 1. The summed E-state index contributed by atoms with van der Waals surface area (Å²) >= 11 is 1.60. The lowest BCUT2D eigenvalue weighted by atomic mass is 9.80. The molecule has 3 aromatic rings. The lowest BCUT2D eigenvalue weighted by molar-refractivity contribution is -0.384. The first kappa shape index (κ1) is 17.6. The van der Waals surface area contributed by atoms with Crippen molar-refractivity contribution in [3.8, 4) is 0 Å². The number of ether oxygens (including phenoxy) is 1. The Morgan fingerprint density at radius 3 is 2.56 bits per heavy atom. The van der Waals surface area contributed by atoms with Crippen molar-refractivity contribution in [2.24, 2.45) is 5.73 Å². The lowest BCUT2D eigenvalue weighted by Crippen LogP contribution is -2.37. The maximum Gasteiger partial charge on any atom is 0.270 e. The summed E-state index contributed by atoms with van der Waals surface area (Å²) in [5, 5.41) is 13.3. The van der Waals surface area contributed by atoms with Gasteiger partial charge in [-0.15, -0.1) is 11.3 Å². The van der Waals surface area contributed by atoms with Crippen LogP contribution in [-0.4, -0.2) is 18.6 Å². The zero-order valence-corrected chi connectivity index (χ0v) is 15.5. The maximum atomic E-state index is 11.3. The molecule has 0 bridgehead atoms. The van der Waals surface area contributed by atoms with Crippen molar-refractivity contribution in [1.29, 1.82) is 0 Å². The van der Waals surface area contributed by atoms with Crippen LogP contribution in [0.5, 0.6) is 0 Å². The number of benzene rings is 2. The van der Waals surface area contributed by atoms with Crippen LogP contribution in [0.3, 0.4) is 0 Å². The Hall–Kier alpha value is -2.80. The van der Waals surface area contributed by atoms with Gasteiger partial charge in [0.05, 0.1) is 17.1 Å². The number of hydrogen-bond acceptors (Lipinski definition) is 5. The molecule has 0 fully saturated rings. The van der Waals surface area contributed by atoms with Crippen molar-refractivity contribution in [1.82, 2.24) is 0 Å². The van der Waals surface area contributed by atoms with E-state index < -0.39 is 5.54 Å². The summed E-state index contributed by atoms with van der Waals surface area (Å²) in [6.07, 6.45) is 0. The summed E-state index contributed by atoms with van der Waals surface area (Å²) in [5.74, 6) is 0. The van der Waals surface area contributed by atoms with Gasteiger partial charge in [-0.2, -0.15) is 0 Å². The van der Waals surface area contributed by atoms with Crippen LogP contribution in [0.2, 0.25) is 0 Å². The molecule has 1 aromatic heterocycles. The fraction of sp³-hybridized carbons (Fsp3) is 0.143. The Morgan fingerprint density at radius 1 is 1.15 bits per heavy atom. The number of nitro benzene ring substituents is 1. The summed E-state index contributed by atoms with van der Waals surface area (Å²) in [6, 6.07) is 18.8. The predicted molar refractivity (Wildman–Crippen MR) is 108 cm³/mol. The van der Waals surface area contributed by atoms with Gasteiger partial charge in [0.25, 0.3) is 5.69 Å². The number of non-ortho nitro benzene ring substituents is 1. The summed E-state index contributed by atoms with van der Waals surface area (Å²) in [5.41, 5.74) is 10.7. The van der Waals surface area contributed by atoms with E-state index in [0.717, 1.165) is 32.7 Å². The fourth-order valence-electron chi connectivity index (χ4n) is 3.81. The molecule has 6 heteroatoms. The van der Waals surface area contributed by atoms with Crippen LogP contribution in [-0.2, 0) is 10.3 Å². The molecule has 2 aromatic carbocycles. The van der Waals surface area contributed by atoms with Crippen LogP contribution in [0.1, 0.15) is 21.6 Å². The second-order valence-corrected chi connectivity index (χ2v) is 7.37. The summed E-state index contributed by atoms with van der Waals surface area (Å²) in [4.78, 5) is 12.0. The van der Waals surface area contributed by atoms with E-state index in [0.29, 0.717) is 6.61 Å². The van der Waals surface area contributed by atoms with Crippen LogP contribution in [0.15, 0.2) is 66.0 Å². The highest BCUT2D eigenvalue weighted by Gasteiger charge is 2.45. The molecule has 0 radical (unpaired) electrons. The first-order valence-corrected chi connectivity index (χ1v) is 9.35. The van der Waals surface area contributed by atoms with Crippen LogP contribution in [0.25, 0.3) is 11.1 Å². The van der Waals surface area contributed by atoms with Gasteiger partial charge < -0.3 is 10.5 Å². The van der Waals surface area contributed by atoms with Gasteiger partial charge in [0.1, 0.15) is 0 Å². The van der Waals surface area contributed by atoms with Crippen molar-refractivity contribution in [3.05, 3.63) is 97.7 Å². The first-order valence-electron chi connectivity index (χ1n) is 8.47. The number of nitrogens with zero attached hydrogens (tertiary/aromatic N) is 1. The molecule has 1 aliphatic rings. The topological polar surface area (TPSA) is 78.4 Å². The second kappa shape index (κ2) is 6.74. The molecule has 1 atom stereocenters.